The number of fused-ring (bicyclic) bond motifs is 1. The molecule has 0 unspecified atom stereocenters. The number of benzene rings is 2. The molecule has 1 aliphatic rings. The van der Waals surface area contributed by atoms with Crippen LogP contribution in [-0.4, -0.2) is 26.6 Å². The molecule has 0 N–H and O–H groups in total. The largest absolute Gasteiger partial charge is 0.317 e. The molecule has 0 saturated carbocycles. The van der Waals surface area contributed by atoms with E-state index in [-0.39, 0.29) is 11.8 Å². The van der Waals surface area contributed by atoms with Crippen molar-refractivity contribution in [2.45, 2.75) is 0 Å². The second-order valence-electron chi connectivity index (χ2n) is 5.30. The number of amides is 2. The van der Waals surface area contributed by atoms with Crippen LogP contribution in [0.5, 0.6) is 0 Å². The highest BCUT2D eigenvalue weighted by molar-refractivity contribution is 6.34. The molecule has 0 bridgehead atoms. The Morgan fingerprint density at radius 2 is 1.48 bits per heavy atom. The van der Waals surface area contributed by atoms with E-state index in [2.05, 4.69) is 10.2 Å². The number of anilines is 1. The summed E-state index contributed by atoms with van der Waals surface area (Å²) in [5.41, 5.74) is 2.29. The van der Waals surface area contributed by atoms with Crippen molar-refractivity contribution in [3.8, 4) is 11.4 Å². The minimum Gasteiger partial charge on any atom is -0.317 e. The molecule has 2 heterocycles. The van der Waals surface area contributed by atoms with Gasteiger partial charge >= 0.3 is 0 Å². The van der Waals surface area contributed by atoms with Gasteiger partial charge in [0.2, 0.25) is 0 Å². The zero-order valence-electron chi connectivity index (χ0n) is 12.3. The van der Waals surface area contributed by atoms with Gasteiger partial charge in [-0.25, -0.2) is 4.90 Å². The number of hydrogen-bond acceptors (Lipinski definition) is 4. The summed E-state index contributed by atoms with van der Waals surface area (Å²) in [4.78, 5) is 26.1. The minimum atomic E-state index is -0.294. The minimum absolute atomic E-state index is 0.294. The molecule has 0 fully saturated rings. The van der Waals surface area contributed by atoms with Gasteiger partial charge in [0.15, 0.2) is 5.82 Å². The van der Waals surface area contributed by atoms with Crippen molar-refractivity contribution in [2.24, 2.45) is 7.05 Å². The van der Waals surface area contributed by atoms with Crippen molar-refractivity contribution < 1.29 is 9.59 Å². The summed E-state index contributed by atoms with van der Waals surface area (Å²) < 4.78 is 1.80. The van der Waals surface area contributed by atoms with Crippen molar-refractivity contribution >= 4 is 17.5 Å². The van der Waals surface area contributed by atoms with Crippen molar-refractivity contribution in [2.75, 3.05) is 4.90 Å². The third-order valence-corrected chi connectivity index (χ3v) is 3.89. The molecule has 0 aliphatic carbocycles. The zero-order valence-corrected chi connectivity index (χ0v) is 12.3. The van der Waals surface area contributed by atoms with Crippen LogP contribution in [0.1, 0.15) is 20.7 Å². The fraction of sp³-hybridized carbons (Fsp3) is 0.0588. The number of imide groups is 1. The third-order valence-electron chi connectivity index (χ3n) is 3.89. The summed E-state index contributed by atoms with van der Waals surface area (Å²) in [6, 6.07) is 14.0. The molecule has 2 aromatic carbocycles. The van der Waals surface area contributed by atoms with Gasteiger partial charge in [-0.05, 0) is 36.4 Å². The molecule has 4 rings (SSSR count). The Labute approximate surface area is 132 Å². The maximum Gasteiger partial charge on any atom is 0.266 e. The van der Waals surface area contributed by atoms with Crippen LogP contribution >= 0.6 is 0 Å². The molecule has 1 aliphatic heterocycles. The molecule has 0 saturated heterocycles. The lowest BCUT2D eigenvalue weighted by molar-refractivity contribution is 0.0926. The van der Waals surface area contributed by atoms with Crippen LogP contribution in [-0.2, 0) is 7.05 Å². The van der Waals surface area contributed by atoms with Crippen LogP contribution in [0.4, 0.5) is 5.69 Å². The number of aromatic nitrogens is 3. The molecule has 112 valence electrons. The average Bonchev–Trinajstić information content (AvgIpc) is 3.11. The van der Waals surface area contributed by atoms with Crippen LogP contribution < -0.4 is 4.90 Å². The van der Waals surface area contributed by atoms with Crippen LogP contribution in [0.3, 0.4) is 0 Å². The second kappa shape index (κ2) is 4.88. The third kappa shape index (κ3) is 1.96. The molecule has 6 heteroatoms. The van der Waals surface area contributed by atoms with Gasteiger partial charge in [-0.3, -0.25) is 9.59 Å². The number of nitrogens with zero attached hydrogens (tertiary/aromatic N) is 4. The van der Waals surface area contributed by atoms with E-state index >= 15 is 0 Å². The lowest BCUT2D eigenvalue weighted by atomic mass is 10.1. The molecule has 0 atom stereocenters. The molecular formula is C17H12N4O2. The van der Waals surface area contributed by atoms with E-state index in [1.807, 2.05) is 19.2 Å². The topological polar surface area (TPSA) is 68.1 Å². The maximum absolute atomic E-state index is 12.5. The fourth-order valence-corrected chi connectivity index (χ4v) is 2.73. The standard InChI is InChI=1S/C17H12N4O2/c1-20-10-18-19-15(20)11-6-8-12(9-7-11)21-16(22)13-4-2-3-5-14(13)17(21)23/h2-10H,1H3. The van der Waals surface area contributed by atoms with Crippen LogP contribution in [0.15, 0.2) is 54.9 Å². The molecule has 2 amide bonds. The summed E-state index contributed by atoms with van der Waals surface area (Å²) in [5, 5.41) is 7.88. The molecule has 0 spiro atoms. The first-order valence-corrected chi connectivity index (χ1v) is 7.09. The summed E-state index contributed by atoms with van der Waals surface area (Å²) in [7, 11) is 1.85. The van der Waals surface area contributed by atoms with Gasteiger partial charge in [0.05, 0.1) is 16.8 Å². The lowest BCUT2D eigenvalue weighted by Gasteiger charge is -2.14. The monoisotopic (exact) mass is 304 g/mol. The van der Waals surface area contributed by atoms with Crippen molar-refractivity contribution in [3.05, 3.63) is 66.0 Å². The highest BCUT2D eigenvalue weighted by atomic mass is 16.2. The Balaban J connectivity index is 1.71. The van der Waals surface area contributed by atoms with Gasteiger partial charge in [0.1, 0.15) is 6.33 Å². The molecular weight excluding hydrogens is 292 g/mol. The van der Waals surface area contributed by atoms with Gasteiger partial charge in [-0.1, -0.05) is 12.1 Å². The Morgan fingerprint density at radius 1 is 0.870 bits per heavy atom. The number of carbonyl (C=O) groups excluding carboxylic acids is 2. The van der Waals surface area contributed by atoms with E-state index in [9.17, 15) is 9.59 Å². The number of rotatable bonds is 2. The summed E-state index contributed by atoms with van der Waals surface area (Å²) in [5.74, 6) is 0.132. The zero-order chi connectivity index (χ0) is 16.0. The van der Waals surface area contributed by atoms with E-state index < -0.39 is 0 Å². The SMILES string of the molecule is Cn1cnnc1-c1ccc(N2C(=O)c3ccccc3C2=O)cc1. The summed E-state index contributed by atoms with van der Waals surface area (Å²) >= 11 is 0. The van der Waals surface area contributed by atoms with Crippen LogP contribution in [0.25, 0.3) is 11.4 Å². The predicted molar refractivity (Wildman–Crippen MR) is 84.0 cm³/mol. The highest BCUT2D eigenvalue weighted by Gasteiger charge is 2.36. The molecule has 3 aromatic rings. The predicted octanol–water partition coefficient (Wildman–Crippen LogP) is 2.28. The van der Waals surface area contributed by atoms with E-state index in [1.165, 1.54) is 4.90 Å². The smallest absolute Gasteiger partial charge is 0.266 e. The summed E-state index contributed by atoms with van der Waals surface area (Å²) in [6.45, 7) is 0. The highest BCUT2D eigenvalue weighted by Crippen LogP contribution is 2.29. The normalized spacial score (nSPS) is 13.5. The van der Waals surface area contributed by atoms with Crippen LogP contribution in [0, 0.1) is 0 Å². The van der Waals surface area contributed by atoms with Crippen molar-refractivity contribution in [3.63, 3.8) is 0 Å². The van der Waals surface area contributed by atoms with Crippen molar-refractivity contribution in [1.29, 1.82) is 0 Å². The lowest BCUT2D eigenvalue weighted by Crippen LogP contribution is -2.29. The Bertz CT molecular complexity index is 893. The summed E-state index contributed by atoms with van der Waals surface area (Å²) in [6.07, 6.45) is 1.62. The molecule has 6 nitrogen and oxygen atoms in total. The van der Waals surface area contributed by atoms with E-state index in [0.717, 1.165) is 11.4 Å². The fourth-order valence-electron chi connectivity index (χ4n) is 2.73. The van der Waals surface area contributed by atoms with E-state index in [0.29, 0.717) is 16.8 Å². The van der Waals surface area contributed by atoms with Crippen LogP contribution in [0.2, 0.25) is 0 Å². The first-order valence-electron chi connectivity index (χ1n) is 7.09. The van der Waals surface area contributed by atoms with Gasteiger partial charge in [-0.2, -0.15) is 0 Å². The van der Waals surface area contributed by atoms with Gasteiger partial charge in [0, 0.05) is 12.6 Å². The number of hydrogen-bond donors (Lipinski definition) is 0. The maximum atomic E-state index is 12.5. The van der Waals surface area contributed by atoms with Crippen molar-refractivity contribution in [1.82, 2.24) is 14.8 Å². The molecule has 23 heavy (non-hydrogen) atoms. The Morgan fingerprint density at radius 3 is 2.00 bits per heavy atom. The first-order chi connectivity index (χ1) is 11.2. The van der Waals surface area contributed by atoms with Gasteiger partial charge in [0.25, 0.3) is 11.8 Å². The average molecular weight is 304 g/mol. The van der Waals surface area contributed by atoms with Gasteiger partial charge < -0.3 is 4.57 Å². The van der Waals surface area contributed by atoms with Gasteiger partial charge in [-0.15, -0.1) is 10.2 Å². The Hall–Kier alpha value is -3.28. The molecule has 0 radical (unpaired) electrons. The second-order valence-corrected chi connectivity index (χ2v) is 5.30. The van der Waals surface area contributed by atoms with E-state index in [4.69, 9.17) is 0 Å². The number of aryl methyl sites for hydroxylation is 1. The Kier molecular flexibility index (Phi) is 2.84. The van der Waals surface area contributed by atoms with E-state index in [1.54, 1.807) is 47.3 Å². The first kappa shape index (κ1) is 13.4. The number of carbonyl (C=O) groups is 2. The quantitative estimate of drug-likeness (QED) is 0.681. The molecule has 1 aromatic heterocycles.